The van der Waals surface area contributed by atoms with Crippen molar-refractivity contribution in [3.05, 3.63) is 0 Å². The van der Waals surface area contributed by atoms with E-state index in [1.54, 1.807) is 0 Å². The predicted octanol–water partition coefficient (Wildman–Crippen LogP) is 1.70. The van der Waals surface area contributed by atoms with Crippen molar-refractivity contribution >= 4 is 12.0 Å². The minimum atomic E-state index is -1.01. The second kappa shape index (κ2) is 7.11. The van der Waals surface area contributed by atoms with Gasteiger partial charge in [-0.15, -0.1) is 0 Å². The summed E-state index contributed by atoms with van der Waals surface area (Å²) in [5.41, 5.74) is 0. The summed E-state index contributed by atoms with van der Waals surface area (Å²) < 4.78 is 5.17. The van der Waals surface area contributed by atoms with Crippen molar-refractivity contribution in [1.82, 2.24) is 10.2 Å². The molecule has 0 aromatic heterocycles. The first kappa shape index (κ1) is 16.1. The van der Waals surface area contributed by atoms with Gasteiger partial charge in [-0.1, -0.05) is 26.7 Å². The lowest BCUT2D eigenvalue weighted by atomic mass is 9.78. The van der Waals surface area contributed by atoms with Crippen LogP contribution in [0.4, 0.5) is 4.79 Å². The minimum absolute atomic E-state index is 0.0705. The van der Waals surface area contributed by atoms with Gasteiger partial charge in [-0.2, -0.15) is 0 Å². The van der Waals surface area contributed by atoms with Gasteiger partial charge < -0.3 is 20.1 Å². The van der Waals surface area contributed by atoms with E-state index in [4.69, 9.17) is 4.74 Å². The number of aliphatic carboxylic acids is 1. The largest absolute Gasteiger partial charge is 0.480 e. The molecule has 0 bridgehead atoms. The highest BCUT2D eigenvalue weighted by atomic mass is 16.5. The summed E-state index contributed by atoms with van der Waals surface area (Å²) in [6, 6.07) is -0.980. The van der Waals surface area contributed by atoms with E-state index in [9.17, 15) is 14.7 Å². The van der Waals surface area contributed by atoms with E-state index in [1.165, 1.54) is 11.3 Å². The van der Waals surface area contributed by atoms with Crippen molar-refractivity contribution in [2.45, 2.75) is 51.6 Å². The molecule has 0 aromatic carbocycles. The van der Waals surface area contributed by atoms with E-state index in [0.717, 1.165) is 19.3 Å². The smallest absolute Gasteiger partial charge is 0.328 e. The second-order valence-corrected chi connectivity index (χ2v) is 6.37. The molecule has 120 valence electrons. The molecule has 0 spiro atoms. The Balaban J connectivity index is 1.99. The molecule has 2 aliphatic rings. The molecule has 1 aliphatic heterocycles. The highest BCUT2D eigenvalue weighted by Gasteiger charge is 2.35. The summed E-state index contributed by atoms with van der Waals surface area (Å²) in [5, 5.41) is 12.3. The van der Waals surface area contributed by atoms with Crippen LogP contribution in [-0.2, 0) is 9.53 Å². The van der Waals surface area contributed by atoms with Gasteiger partial charge in [0, 0.05) is 12.6 Å². The average molecular weight is 298 g/mol. The molecule has 1 heterocycles. The fourth-order valence-electron chi connectivity index (χ4n) is 3.43. The molecule has 2 amide bonds. The van der Waals surface area contributed by atoms with E-state index < -0.39 is 12.0 Å². The molecule has 6 heteroatoms. The third-order valence-electron chi connectivity index (χ3n) is 4.66. The number of urea groups is 1. The van der Waals surface area contributed by atoms with Crippen LogP contribution >= 0.6 is 0 Å². The Hall–Kier alpha value is -1.30. The molecule has 2 fully saturated rings. The molecule has 1 saturated heterocycles. The maximum absolute atomic E-state index is 12.4. The second-order valence-electron chi connectivity index (χ2n) is 6.37. The topological polar surface area (TPSA) is 78.9 Å². The Labute approximate surface area is 125 Å². The van der Waals surface area contributed by atoms with E-state index in [0.29, 0.717) is 25.0 Å². The van der Waals surface area contributed by atoms with Crippen molar-refractivity contribution in [2.24, 2.45) is 11.8 Å². The molecule has 1 saturated carbocycles. The molecule has 1 aliphatic carbocycles. The van der Waals surface area contributed by atoms with Crippen LogP contribution in [0.5, 0.6) is 0 Å². The Morgan fingerprint density at radius 3 is 2.67 bits per heavy atom. The predicted molar refractivity (Wildman–Crippen MR) is 78.1 cm³/mol. The molecule has 3 unspecified atom stereocenters. The first-order chi connectivity index (χ1) is 10.0. The molecule has 0 aromatic rings. The van der Waals surface area contributed by atoms with E-state index >= 15 is 0 Å². The molecule has 0 radical (unpaired) electrons. The number of carboxylic acids is 1. The number of hydrogen-bond acceptors (Lipinski definition) is 3. The Morgan fingerprint density at radius 2 is 2.00 bits per heavy atom. The van der Waals surface area contributed by atoms with E-state index in [2.05, 4.69) is 19.2 Å². The fraction of sp³-hybridized carbons (Fsp3) is 0.867. The molecule has 6 nitrogen and oxygen atoms in total. The number of nitrogens with zero attached hydrogens (tertiary/aromatic N) is 1. The van der Waals surface area contributed by atoms with Gasteiger partial charge in [0.25, 0.3) is 0 Å². The van der Waals surface area contributed by atoms with Crippen LogP contribution in [0.1, 0.15) is 39.5 Å². The van der Waals surface area contributed by atoms with Crippen LogP contribution in [0.3, 0.4) is 0 Å². The van der Waals surface area contributed by atoms with Gasteiger partial charge in [-0.3, -0.25) is 0 Å². The highest BCUT2D eigenvalue weighted by Crippen LogP contribution is 2.30. The number of morpholine rings is 1. The minimum Gasteiger partial charge on any atom is -0.480 e. The number of carboxylic acid groups (broad SMARTS) is 1. The number of hydrogen-bond donors (Lipinski definition) is 2. The number of rotatable bonds is 3. The number of nitrogens with one attached hydrogen (secondary N) is 1. The van der Waals surface area contributed by atoms with Gasteiger partial charge in [-0.25, -0.2) is 9.59 Å². The lowest BCUT2D eigenvalue weighted by Gasteiger charge is -2.38. The molecule has 3 atom stereocenters. The van der Waals surface area contributed by atoms with Crippen LogP contribution < -0.4 is 5.32 Å². The quantitative estimate of drug-likeness (QED) is 0.831. The first-order valence-electron chi connectivity index (χ1n) is 7.88. The van der Waals surface area contributed by atoms with Crippen molar-refractivity contribution in [1.29, 1.82) is 0 Å². The van der Waals surface area contributed by atoms with Gasteiger partial charge in [-0.05, 0) is 24.7 Å². The average Bonchev–Trinajstić information content (AvgIpc) is 2.47. The zero-order chi connectivity index (χ0) is 15.4. The zero-order valence-electron chi connectivity index (χ0n) is 12.9. The van der Waals surface area contributed by atoms with Gasteiger partial charge >= 0.3 is 12.0 Å². The Bertz CT molecular complexity index is 386. The summed E-state index contributed by atoms with van der Waals surface area (Å²) in [5.74, 6) is -0.00326. The maximum atomic E-state index is 12.4. The lowest BCUT2D eigenvalue weighted by Crippen LogP contribution is -2.58. The maximum Gasteiger partial charge on any atom is 0.328 e. The summed E-state index contributed by atoms with van der Waals surface area (Å²) in [6.07, 6.45) is 4.45. The normalized spacial score (nSPS) is 30.2. The molecular weight excluding hydrogens is 272 g/mol. The number of amides is 2. The van der Waals surface area contributed by atoms with Crippen molar-refractivity contribution < 1.29 is 19.4 Å². The third-order valence-corrected chi connectivity index (χ3v) is 4.66. The van der Waals surface area contributed by atoms with Gasteiger partial charge in [0.2, 0.25) is 0 Å². The van der Waals surface area contributed by atoms with E-state index in [-0.39, 0.29) is 18.7 Å². The van der Waals surface area contributed by atoms with E-state index in [1.807, 2.05) is 0 Å². The summed E-state index contributed by atoms with van der Waals surface area (Å²) >= 11 is 0. The van der Waals surface area contributed by atoms with Crippen LogP contribution in [0.2, 0.25) is 0 Å². The fourth-order valence-corrected chi connectivity index (χ4v) is 3.43. The molecular formula is C15H26N2O4. The Kier molecular flexibility index (Phi) is 5.45. The van der Waals surface area contributed by atoms with Gasteiger partial charge in [0.15, 0.2) is 6.04 Å². The number of carbonyl (C=O) groups excluding carboxylic acids is 1. The molecule has 2 N–H and O–H groups in total. The SMILES string of the molecule is CC(C)C1CCCCC1NC(=O)N1CCOCC1C(=O)O. The van der Waals surface area contributed by atoms with Crippen LogP contribution in [-0.4, -0.2) is 53.8 Å². The number of ether oxygens (including phenoxy) is 1. The van der Waals surface area contributed by atoms with Crippen LogP contribution in [0, 0.1) is 11.8 Å². The van der Waals surface area contributed by atoms with Crippen LogP contribution in [0.15, 0.2) is 0 Å². The lowest BCUT2D eigenvalue weighted by molar-refractivity contribution is -0.147. The Morgan fingerprint density at radius 1 is 1.29 bits per heavy atom. The van der Waals surface area contributed by atoms with Crippen molar-refractivity contribution in [2.75, 3.05) is 19.8 Å². The zero-order valence-corrected chi connectivity index (χ0v) is 12.9. The van der Waals surface area contributed by atoms with Crippen molar-refractivity contribution in [3.8, 4) is 0 Å². The summed E-state index contributed by atoms with van der Waals surface area (Å²) in [6.45, 7) is 5.17. The summed E-state index contributed by atoms with van der Waals surface area (Å²) in [4.78, 5) is 25.1. The molecule has 2 rings (SSSR count). The first-order valence-corrected chi connectivity index (χ1v) is 7.88. The summed E-state index contributed by atoms with van der Waals surface area (Å²) in [7, 11) is 0. The number of carbonyl (C=O) groups is 2. The standard InChI is InChI=1S/C15H26N2O4/c1-10(2)11-5-3-4-6-12(11)16-15(20)17-7-8-21-9-13(17)14(18)19/h10-13H,3-9H2,1-2H3,(H,16,20)(H,18,19). The highest BCUT2D eigenvalue weighted by molar-refractivity contribution is 5.83. The molecule has 21 heavy (non-hydrogen) atoms. The monoisotopic (exact) mass is 298 g/mol. The van der Waals surface area contributed by atoms with Crippen LogP contribution in [0.25, 0.3) is 0 Å². The third kappa shape index (κ3) is 3.87. The van der Waals surface area contributed by atoms with Gasteiger partial charge in [0.05, 0.1) is 13.2 Å². The van der Waals surface area contributed by atoms with Crippen molar-refractivity contribution in [3.63, 3.8) is 0 Å². The van der Waals surface area contributed by atoms with Gasteiger partial charge in [0.1, 0.15) is 0 Å².